The zero-order chi connectivity index (χ0) is 15.7. The first kappa shape index (κ1) is 15.0. The van der Waals surface area contributed by atoms with Crippen molar-refractivity contribution in [3.8, 4) is 0 Å². The number of rotatable bonds is 4. The van der Waals surface area contributed by atoms with Gasteiger partial charge in [-0.2, -0.15) is 5.10 Å². The molecule has 0 bridgehead atoms. The number of aromatic amines is 2. The number of nitrogens with one attached hydrogen (secondary N) is 2. The first-order valence-corrected chi connectivity index (χ1v) is 7.92. The van der Waals surface area contributed by atoms with Crippen molar-refractivity contribution in [2.24, 2.45) is 0 Å². The fourth-order valence-corrected chi connectivity index (χ4v) is 3.05. The highest BCUT2D eigenvalue weighted by molar-refractivity contribution is 5.25. The SMILES string of the molecule is CCCc1nc2c(c(=O)[nH]1)CN(Cc1c(C)n[nH]c1C)CC2. The van der Waals surface area contributed by atoms with Gasteiger partial charge in [-0.25, -0.2) is 4.98 Å². The van der Waals surface area contributed by atoms with Crippen LogP contribution in [0.5, 0.6) is 0 Å². The van der Waals surface area contributed by atoms with Crippen molar-refractivity contribution in [2.75, 3.05) is 6.54 Å². The fourth-order valence-electron chi connectivity index (χ4n) is 3.05. The largest absolute Gasteiger partial charge is 0.310 e. The summed E-state index contributed by atoms with van der Waals surface area (Å²) in [6.45, 7) is 8.56. The average molecular weight is 301 g/mol. The van der Waals surface area contributed by atoms with Crippen molar-refractivity contribution < 1.29 is 0 Å². The number of hydrogen-bond donors (Lipinski definition) is 2. The Bertz CT molecular complexity index is 711. The van der Waals surface area contributed by atoms with E-state index in [0.717, 1.165) is 60.8 Å². The molecule has 1 aliphatic rings. The van der Waals surface area contributed by atoms with Gasteiger partial charge in [0.05, 0.1) is 17.0 Å². The lowest BCUT2D eigenvalue weighted by Gasteiger charge is -2.27. The first-order valence-electron chi connectivity index (χ1n) is 7.92. The molecule has 6 heteroatoms. The monoisotopic (exact) mass is 301 g/mol. The summed E-state index contributed by atoms with van der Waals surface area (Å²) in [6, 6.07) is 0. The molecule has 2 aromatic heterocycles. The van der Waals surface area contributed by atoms with Gasteiger partial charge in [-0.3, -0.25) is 14.8 Å². The molecule has 2 N–H and O–H groups in total. The summed E-state index contributed by atoms with van der Waals surface area (Å²) in [4.78, 5) is 22.2. The van der Waals surface area contributed by atoms with Crippen molar-refractivity contribution in [1.29, 1.82) is 0 Å². The van der Waals surface area contributed by atoms with Crippen LogP contribution < -0.4 is 5.56 Å². The fraction of sp³-hybridized carbons (Fsp3) is 0.562. The number of H-pyrrole nitrogens is 2. The third-order valence-electron chi connectivity index (χ3n) is 4.35. The highest BCUT2D eigenvalue weighted by atomic mass is 16.1. The molecule has 0 fully saturated rings. The predicted molar refractivity (Wildman–Crippen MR) is 84.7 cm³/mol. The maximum Gasteiger partial charge on any atom is 0.255 e. The molecule has 0 aromatic carbocycles. The van der Waals surface area contributed by atoms with E-state index in [2.05, 4.69) is 32.0 Å². The summed E-state index contributed by atoms with van der Waals surface area (Å²) < 4.78 is 0. The zero-order valence-corrected chi connectivity index (χ0v) is 13.5. The summed E-state index contributed by atoms with van der Waals surface area (Å²) in [6.07, 6.45) is 2.67. The van der Waals surface area contributed by atoms with Crippen LogP contribution in [0.3, 0.4) is 0 Å². The summed E-state index contributed by atoms with van der Waals surface area (Å²) in [5.74, 6) is 0.821. The number of fused-ring (bicyclic) bond motifs is 1. The van der Waals surface area contributed by atoms with Crippen LogP contribution in [0.4, 0.5) is 0 Å². The van der Waals surface area contributed by atoms with Crippen molar-refractivity contribution in [1.82, 2.24) is 25.1 Å². The van der Waals surface area contributed by atoms with Crippen LogP contribution in [-0.2, 0) is 25.9 Å². The van der Waals surface area contributed by atoms with Gasteiger partial charge in [-0.05, 0) is 20.3 Å². The maximum atomic E-state index is 12.3. The Morgan fingerprint density at radius 1 is 1.32 bits per heavy atom. The summed E-state index contributed by atoms with van der Waals surface area (Å²) in [5.41, 5.74) is 5.20. The van der Waals surface area contributed by atoms with Crippen molar-refractivity contribution in [3.63, 3.8) is 0 Å². The second-order valence-corrected chi connectivity index (χ2v) is 6.06. The van der Waals surface area contributed by atoms with Crippen LogP contribution in [0.15, 0.2) is 4.79 Å². The lowest BCUT2D eigenvalue weighted by Crippen LogP contribution is -2.36. The van der Waals surface area contributed by atoms with Gasteiger partial charge in [-0.1, -0.05) is 6.92 Å². The molecule has 0 spiro atoms. The van der Waals surface area contributed by atoms with Gasteiger partial charge < -0.3 is 4.98 Å². The lowest BCUT2D eigenvalue weighted by molar-refractivity contribution is 0.240. The van der Waals surface area contributed by atoms with E-state index in [1.807, 2.05) is 13.8 Å². The van der Waals surface area contributed by atoms with E-state index in [0.29, 0.717) is 6.54 Å². The standard InChI is InChI=1S/C16H23N5O/c1-4-5-15-17-14-6-7-21(9-13(14)16(22)18-15)8-12-10(2)19-20-11(12)3/h4-9H2,1-3H3,(H,19,20)(H,17,18,22). The Morgan fingerprint density at radius 3 is 2.82 bits per heavy atom. The zero-order valence-electron chi connectivity index (χ0n) is 13.5. The molecule has 0 amide bonds. The number of aryl methyl sites for hydroxylation is 3. The second-order valence-electron chi connectivity index (χ2n) is 6.06. The van der Waals surface area contributed by atoms with E-state index < -0.39 is 0 Å². The molecule has 0 atom stereocenters. The molecular formula is C16H23N5O. The van der Waals surface area contributed by atoms with Gasteiger partial charge in [0.25, 0.3) is 5.56 Å². The Hall–Kier alpha value is -1.95. The van der Waals surface area contributed by atoms with E-state index >= 15 is 0 Å². The topological polar surface area (TPSA) is 77.7 Å². The van der Waals surface area contributed by atoms with E-state index in [1.165, 1.54) is 5.56 Å². The van der Waals surface area contributed by atoms with Gasteiger partial charge in [0.15, 0.2) is 0 Å². The average Bonchev–Trinajstić information content (AvgIpc) is 2.80. The molecule has 0 unspecified atom stereocenters. The van der Waals surface area contributed by atoms with Crippen molar-refractivity contribution in [2.45, 2.75) is 53.1 Å². The van der Waals surface area contributed by atoms with Crippen molar-refractivity contribution >= 4 is 0 Å². The van der Waals surface area contributed by atoms with E-state index in [9.17, 15) is 4.79 Å². The van der Waals surface area contributed by atoms with Gasteiger partial charge in [0.1, 0.15) is 5.82 Å². The van der Waals surface area contributed by atoms with Crippen LogP contribution in [0, 0.1) is 13.8 Å². The summed E-state index contributed by atoms with van der Waals surface area (Å²) >= 11 is 0. The van der Waals surface area contributed by atoms with Crippen LogP contribution in [-0.4, -0.2) is 31.6 Å². The van der Waals surface area contributed by atoms with E-state index in [1.54, 1.807) is 0 Å². The molecule has 0 saturated heterocycles. The van der Waals surface area contributed by atoms with Gasteiger partial charge in [0, 0.05) is 43.7 Å². The van der Waals surface area contributed by atoms with Gasteiger partial charge >= 0.3 is 0 Å². The quantitative estimate of drug-likeness (QED) is 0.899. The third kappa shape index (κ3) is 2.83. The Kier molecular flexibility index (Phi) is 4.11. The normalized spacial score (nSPS) is 15.0. The van der Waals surface area contributed by atoms with Gasteiger partial charge in [0.2, 0.25) is 0 Å². The van der Waals surface area contributed by atoms with Crippen molar-refractivity contribution in [3.05, 3.63) is 44.4 Å². The van der Waals surface area contributed by atoms with Crippen LogP contribution >= 0.6 is 0 Å². The highest BCUT2D eigenvalue weighted by Gasteiger charge is 2.22. The molecule has 1 aliphatic heterocycles. The first-order chi connectivity index (χ1) is 10.6. The molecular weight excluding hydrogens is 278 g/mol. The maximum absolute atomic E-state index is 12.3. The molecule has 2 aromatic rings. The molecule has 0 aliphatic carbocycles. The van der Waals surface area contributed by atoms with Crippen LogP contribution in [0.25, 0.3) is 0 Å². The van der Waals surface area contributed by atoms with E-state index in [-0.39, 0.29) is 5.56 Å². The third-order valence-corrected chi connectivity index (χ3v) is 4.35. The van der Waals surface area contributed by atoms with E-state index in [4.69, 9.17) is 0 Å². The minimum Gasteiger partial charge on any atom is -0.310 e. The highest BCUT2D eigenvalue weighted by Crippen LogP contribution is 2.19. The Balaban J connectivity index is 1.81. The molecule has 0 radical (unpaired) electrons. The summed E-state index contributed by atoms with van der Waals surface area (Å²) in [5, 5.41) is 7.27. The number of nitrogens with zero attached hydrogens (tertiary/aromatic N) is 3. The lowest BCUT2D eigenvalue weighted by atomic mass is 10.1. The van der Waals surface area contributed by atoms with Crippen LogP contribution in [0.2, 0.25) is 0 Å². The molecule has 3 heterocycles. The Morgan fingerprint density at radius 2 is 2.14 bits per heavy atom. The molecule has 118 valence electrons. The summed E-state index contributed by atoms with van der Waals surface area (Å²) in [7, 11) is 0. The minimum atomic E-state index is 0.0267. The second kappa shape index (κ2) is 6.04. The minimum absolute atomic E-state index is 0.0267. The number of hydrogen-bond acceptors (Lipinski definition) is 4. The molecule has 3 rings (SSSR count). The van der Waals surface area contributed by atoms with Crippen LogP contribution in [0.1, 0.15) is 47.4 Å². The number of aromatic nitrogens is 4. The Labute approximate surface area is 130 Å². The molecule has 22 heavy (non-hydrogen) atoms. The smallest absolute Gasteiger partial charge is 0.255 e. The predicted octanol–water partition coefficient (Wildman–Crippen LogP) is 1.62. The van der Waals surface area contributed by atoms with Gasteiger partial charge in [-0.15, -0.1) is 0 Å². The molecule has 0 saturated carbocycles. The molecule has 6 nitrogen and oxygen atoms in total.